The molecule has 1 saturated carbocycles. The van der Waals surface area contributed by atoms with Crippen LogP contribution in [0.3, 0.4) is 0 Å². The average Bonchev–Trinajstić information content (AvgIpc) is 3.05. The first-order chi connectivity index (χ1) is 14.6. The van der Waals surface area contributed by atoms with Crippen molar-refractivity contribution >= 4 is 22.8 Å². The van der Waals surface area contributed by atoms with Gasteiger partial charge in [-0.2, -0.15) is 0 Å². The second kappa shape index (κ2) is 8.61. The number of nitrogens with one attached hydrogen (secondary N) is 1. The minimum Gasteiger partial charge on any atom is -0.497 e. The normalized spacial score (nSPS) is 14.6. The van der Waals surface area contributed by atoms with E-state index in [0.29, 0.717) is 28.4 Å². The number of ether oxygens (including phenoxy) is 2. The molecule has 2 aromatic heterocycles. The summed E-state index contributed by atoms with van der Waals surface area (Å²) in [7, 11) is 3.10. The molecule has 1 amide bonds. The molecule has 4 rings (SSSR count). The van der Waals surface area contributed by atoms with Crippen LogP contribution in [0.2, 0.25) is 0 Å². The molecule has 0 bridgehead atoms. The summed E-state index contributed by atoms with van der Waals surface area (Å²) in [6, 6.07) is 8.89. The van der Waals surface area contributed by atoms with Crippen LogP contribution in [0.4, 0.5) is 5.69 Å². The van der Waals surface area contributed by atoms with Gasteiger partial charge in [0, 0.05) is 36.1 Å². The number of benzene rings is 1. The van der Waals surface area contributed by atoms with Crippen molar-refractivity contribution in [2.75, 3.05) is 19.5 Å². The van der Waals surface area contributed by atoms with Crippen LogP contribution in [0.5, 0.6) is 11.5 Å². The topological polar surface area (TPSA) is 87.4 Å². The number of carbonyl (C=O) groups is 1. The van der Waals surface area contributed by atoms with Crippen LogP contribution in [0.1, 0.15) is 38.1 Å². The van der Waals surface area contributed by atoms with Crippen molar-refractivity contribution in [1.29, 1.82) is 0 Å². The van der Waals surface area contributed by atoms with Crippen LogP contribution in [0, 0.1) is 0 Å². The van der Waals surface area contributed by atoms with Gasteiger partial charge in [-0.25, -0.2) is 9.78 Å². The van der Waals surface area contributed by atoms with Crippen molar-refractivity contribution in [3.05, 3.63) is 47.0 Å². The van der Waals surface area contributed by atoms with E-state index in [2.05, 4.69) is 10.3 Å². The Morgan fingerprint density at radius 2 is 1.83 bits per heavy atom. The Hall–Kier alpha value is -3.29. The summed E-state index contributed by atoms with van der Waals surface area (Å²) < 4.78 is 13.8. The molecular weight excluding hydrogens is 384 g/mol. The first kappa shape index (κ1) is 20.0. The molecule has 8 nitrogen and oxygen atoms in total. The number of imidazole rings is 1. The van der Waals surface area contributed by atoms with Crippen LogP contribution in [-0.2, 0) is 11.3 Å². The van der Waals surface area contributed by atoms with Crippen LogP contribution in [-0.4, -0.2) is 34.2 Å². The predicted molar refractivity (Wildman–Crippen MR) is 114 cm³/mol. The number of fused-ring (bicyclic) bond motifs is 1. The maximum Gasteiger partial charge on any atom is 0.331 e. The van der Waals surface area contributed by atoms with Gasteiger partial charge in [-0.05, 0) is 25.0 Å². The number of carbonyl (C=O) groups excluding carboxylic acids is 1. The molecule has 0 unspecified atom stereocenters. The SMILES string of the molecule is COc1cc(NC(=O)Cn2c(=O)n(C3CCCCC3)c3ncccc32)cc(OC)c1. The zero-order chi connectivity index (χ0) is 21.1. The number of hydrogen-bond donors (Lipinski definition) is 1. The molecule has 158 valence electrons. The Balaban J connectivity index is 1.63. The predicted octanol–water partition coefficient (Wildman–Crippen LogP) is 3.36. The lowest BCUT2D eigenvalue weighted by molar-refractivity contribution is -0.116. The summed E-state index contributed by atoms with van der Waals surface area (Å²) in [5, 5.41) is 2.83. The third-order valence-corrected chi connectivity index (χ3v) is 5.60. The van der Waals surface area contributed by atoms with Gasteiger partial charge in [-0.3, -0.25) is 13.9 Å². The Bertz CT molecular complexity index is 1090. The molecule has 0 aliphatic heterocycles. The molecule has 1 N–H and O–H groups in total. The Morgan fingerprint density at radius 1 is 1.13 bits per heavy atom. The van der Waals surface area contributed by atoms with Gasteiger partial charge in [-0.1, -0.05) is 19.3 Å². The Kier molecular flexibility index (Phi) is 5.74. The van der Waals surface area contributed by atoms with Crippen LogP contribution in [0.15, 0.2) is 41.3 Å². The summed E-state index contributed by atoms with van der Waals surface area (Å²) in [5.74, 6) is 0.832. The van der Waals surface area contributed by atoms with Gasteiger partial charge < -0.3 is 14.8 Å². The van der Waals surface area contributed by atoms with Crippen LogP contribution < -0.4 is 20.5 Å². The first-order valence-electron chi connectivity index (χ1n) is 10.2. The molecule has 1 aromatic carbocycles. The van der Waals surface area contributed by atoms with E-state index in [9.17, 15) is 9.59 Å². The molecule has 0 radical (unpaired) electrons. The molecule has 8 heteroatoms. The molecule has 0 atom stereocenters. The van der Waals surface area contributed by atoms with Crippen molar-refractivity contribution in [2.45, 2.75) is 44.7 Å². The fourth-order valence-corrected chi connectivity index (χ4v) is 4.15. The van der Waals surface area contributed by atoms with Gasteiger partial charge in [-0.15, -0.1) is 0 Å². The fraction of sp³-hybridized carbons (Fsp3) is 0.409. The Labute approximate surface area is 174 Å². The molecule has 1 fully saturated rings. The summed E-state index contributed by atoms with van der Waals surface area (Å²) in [4.78, 5) is 30.5. The smallest absolute Gasteiger partial charge is 0.331 e. The molecule has 1 aliphatic rings. The lowest BCUT2D eigenvalue weighted by atomic mass is 9.95. The van der Waals surface area contributed by atoms with Crippen molar-refractivity contribution < 1.29 is 14.3 Å². The van der Waals surface area contributed by atoms with E-state index in [1.54, 1.807) is 49.2 Å². The highest BCUT2D eigenvalue weighted by atomic mass is 16.5. The number of hydrogen-bond acceptors (Lipinski definition) is 5. The third kappa shape index (κ3) is 3.90. The summed E-state index contributed by atoms with van der Waals surface area (Å²) >= 11 is 0. The standard InChI is InChI=1S/C22H26N4O4/c1-29-17-11-15(12-18(13-17)30-2)24-20(27)14-25-19-9-6-10-23-21(19)26(22(25)28)16-7-4-3-5-8-16/h6,9-13,16H,3-5,7-8,14H2,1-2H3,(H,24,27). The van der Waals surface area contributed by atoms with Gasteiger partial charge in [0.05, 0.1) is 19.7 Å². The largest absolute Gasteiger partial charge is 0.497 e. The zero-order valence-electron chi connectivity index (χ0n) is 17.3. The maximum atomic E-state index is 13.2. The number of pyridine rings is 1. The minimum atomic E-state index is -0.307. The van der Waals surface area contributed by atoms with E-state index in [0.717, 1.165) is 25.7 Å². The molecule has 0 spiro atoms. The number of methoxy groups -OCH3 is 2. The van der Waals surface area contributed by atoms with Crippen molar-refractivity contribution in [1.82, 2.24) is 14.1 Å². The molecule has 30 heavy (non-hydrogen) atoms. The molecule has 1 aliphatic carbocycles. The number of anilines is 1. The van der Waals surface area contributed by atoms with Crippen molar-refractivity contribution in [3.63, 3.8) is 0 Å². The number of aromatic nitrogens is 3. The van der Waals surface area contributed by atoms with Gasteiger partial charge in [0.2, 0.25) is 5.91 Å². The Morgan fingerprint density at radius 3 is 2.50 bits per heavy atom. The first-order valence-corrected chi connectivity index (χ1v) is 10.2. The van der Waals surface area contributed by atoms with Gasteiger partial charge in [0.25, 0.3) is 0 Å². The molecular formula is C22H26N4O4. The fourth-order valence-electron chi connectivity index (χ4n) is 4.15. The second-order valence-electron chi connectivity index (χ2n) is 7.53. The average molecular weight is 410 g/mol. The number of nitrogens with zero attached hydrogens (tertiary/aromatic N) is 3. The van der Waals surface area contributed by atoms with E-state index >= 15 is 0 Å². The van der Waals surface area contributed by atoms with Gasteiger partial charge >= 0.3 is 5.69 Å². The highest BCUT2D eigenvalue weighted by Crippen LogP contribution is 2.29. The van der Waals surface area contributed by atoms with E-state index in [1.807, 2.05) is 6.07 Å². The highest BCUT2D eigenvalue weighted by Gasteiger charge is 2.24. The molecule has 2 heterocycles. The number of amides is 1. The van der Waals surface area contributed by atoms with Gasteiger partial charge in [0.1, 0.15) is 18.0 Å². The van der Waals surface area contributed by atoms with Gasteiger partial charge in [0.15, 0.2) is 5.65 Å². The molecule has 0 saturated heterocycles. The maximum absolute atomic E-state index is 13.2. The summed E-state index contributed by atoms with van der Waals surface area (Å²) in [6.07, 6.45) is 7.03. The number of rotatable bonds is 6. The lowest BCUT2D eigenvalue weighted by Gasteiger charge is -2.22. The van der Waals surface area contributed by atoms with Crippen molar-refractivity contribution in [2.24, 2.45) is 0 Å². The zero-order valence-corrected chi connectivity index (χ0v) is 17.3. The summed E-state index contributed by atoms with van der Waals surface area (Å²) in [5.41, 5.74) is 1.67. The second-order valence-corrected chi connectivity index (χ2v) is 7.53. The van der Waals surface area contributed by atoms with Crippen LogP contribution in [0.25, 0.3) is 11.2 Å². The summed E-state index contributed by atoms with van der Waals surface area (Å²) in [6.45, 7) is -0.0970. The quantitative estimate of drug-likeness (QED) is 0.673. The highest BCUT2D eigenvalue weighted by molar-refractivity contribution is 5.92. The minimum absolute atomic E-state index is 0.0970. The van der Waals surface area contributed by atoms with E-state index in [1.165, 1.54) is 11.0 Å². The lowest BCUT2D eigenvalue weighted by Crippen LogP contribution is -2.31. The van der Waals surface area contributed by atoms with E-state index < -0.39 is 0 Å². The van der Waals surface area contributed by atoms with Crippen molar-refractivity contribution in [3.8, 4) is 11.5 Å². The molecule has 3 aromatic rings. The van der Waals surface area contributed by atoms with Crippen LogP contribution >= 0.6 is 0 Å². The monoisotopic (exact) mass is 410 g/mol. The van der Waals surface area contributed by atoms with E-state index in [-0.39, 0.29) is 24.2 Å². The van der Waals surface area contributed by atoms with E-state index in [4.69, 9.17) is 9.47 Å². The third-order valence-electron chi connectivity index (χ3n) is 5.60.